The molecule has 4 rings (SSSR count). The van der Waals surface area contributed by atoms with Gasteiger partial charge in [0.15, 0.2) is 0 Å². The Balaban J connectivity index is 1.60. The van der Waals surface area contributed by atoms with Crippen molar-refractivity contribution in [2.45, 2.75) is 18.9 Å². The van der Waals surface area contributed by atoms with Gasteiger partial charge in [-0.1, -0.05) is 18.2 Å². The van der Waals surface area contributed by atoms with Crippen LogP contribution in [0.4, 0.5) is 0 Å². The lowest BCUT2D eigenvalue weighted by molar-refractivity contribution is -0.134. The van der Waals surface area contributed by atoms with Gasteiger partial charge in [-0.25, -0.2) is 0 Å². The Bertz CT molecular complexity index is 1180. The number of carbonyl (C=O) groups is 2. The molecule has 36 heavy (non-hydrogen) atoms. The predicted molar refractivity (Wildman–Crippen MR) is 140 cm³/mol. The first kappa shape index (κ1) is 25.7. The summed E-state index contributed by atoms with van der Waals surface area (Å²) in [5.74, 6) is 1.09. The van der Waals surface area contributed by atoms with Crippen LogP contribution in [0.3, 0.4) is 0 Å². The molecule has 0 N–H and O–H groups in total. The van der Waals surface area contributed by atoms with Gasteiger partial charge in [0, 0.05) is 37.2 Å². The molecule has 0 fully saturated rings. The van der Waals surface area contributed by atoms with E-state index >= 15 is 0 Å². The zero-order chi connectivity index (χ0) is 25.5. The second-order valence-electron chi connectivity index (χ2n) is 8.62. The van der Waals surface area contributed by atoms with Crippen LogP contribution in [0.1, 0.15) is 38.8 Å². The van der Waals surface area contributed by atoms with Crippen LogP contribution in [0.2, 0.25) is 0 Å². The molecule has 0 saturated carbocycles. The highest BCUT2D eigenvalue weighted by molar-refractivity contribution is 7.10. The molecule has 0 aliphatic carbocycles. The van der Waals surface area contributed by atoms with E-state index in [1.54, 1.807) is 61.8 Å². The first-order chi connectivity index (χ1) is 17.5. The van der Waals surface area contributed by atoms with Crippen molar-refractivity contribution < 1.29 is 23.8 Å². The van der Waals surface area contributed by atoms with Crippen molar-refractivity contribution in [3.63, 3.8) is 0 Å². The molecule has 1 aliphatic rings. The zero-order valence-corrected chi connectivity index (χ0v) is 21.8. The molecule has 0 radical (unpaired) electrons. The van der Waals surface area contributed by atoms with Gasteiger partial charge in [-0.15, -0.1) is 11.3 Å². The maximum Gasteiger partial charge on any atom is 0.254 e. The first-order valence-electron chi connectivity index (χ1n) is 12.0. The fraction of sp³-hybridized carbons (Fsp3) is 0.357. The van der Waals surface area contributed by atoms with Crippen LogP contribution in [-0.4, -0.2) is 69.2 Å². The number of amides is 2. The summed E-state index contributed by atoms with van der Waals surface area (Å²) in [5, 5.41) is 2.08. The van der Waals surface area contributed by atoms with Crippen LogP contribution in [0.15, 0.2) is 60.0 Å². The van der Waals surface area contributed by atoms with E-state index in [0.29, 0.717) is 37.4 Å². The predicted octanol–water partition coefficient (Wildman–Crippen LogP) is 4.42. The number of methoxy groups -OCH3 is 3. The number of hydrogen-bond donors (Lipinski definition) is 0. The minimum Gasteiger partial charge on any atom is -0.497 e. The second-order valence-corrected chi connectivity index (χ2v) is 9.62. The van der Waals surface area contributed by atoms with E-state index in [9.17, 15) is 9.59 Å². The molecule has 1 atom stereocenters. The van der Waals surface area contributed by atoms with Crippen molar-refractivity contribution in [2.24, 2.45) is 0 Å². The Morgan fingerprint density at radius 1 is 1.03 bits per heavy atom. The lowest BCUT2D eigenvalue weighted by Crippen LogP contribution is -2.47. The highest BCUT2D eigenvalue weighted by Crippen LogP contribution is 2.38. The molecule has 0 saturated heterocycles. The zero-order valence-electron chi connectivity index (χ0n) is 20.9. The summed E-state index contributed by atoms with van der Waals surface area (Å²) < 4.78 is 15.8. The molecule has 0 bridgehead atoms. The third-order valence-corrected chi connectivity index (χ3v) is 7.42. The molecular weight excluding hydrogens is 476 g/mol. The number of rotatable bonds is 10. The van der Waals surface area contributed by atoms with Gasteiger partial charge in [-0.05, 0) is 65.7 Å². The molecule has 2 aromatic carbocycles. The molecule has 2 heterocycles. The van der Waals surface area contributed by atoms with Gasteiger partial charge in [0.1, 0.15) is 18.0 Å². The molecule has 190 valence electrons. The van der Waals surface area contributed by atoms with Crippen LogP contribution < -0.4 is 9.47 Å². The van der Waals surface area contributed by atoms with Crippen molar-refractivity contribution in [2.75, 3.05) is 47.6 Å². The average molecular weight is 509 g/mol. The average Bonchev–Trinajstić information content (AvgIpc) is 3.40. The molecular formula is C28H32N2O5S. The number of fused-ring (bicyclic) bond motifs is 1. The van der Waals surface area contributed by atoms with Gasteiger partial charge < -0.3 is 24.0 Å². The van der Waals surface area contributed by atoms with Crippen LogP contribution in [0.25, 0.3) is 0 Å². The topological polar surface area (TPSA) is 68.3 Å². The molecule has 3 aromatic rings. The van der Waals surface area contributed by atoms with E-state index in [-0.39, 0.29) is 24.4 Å². The molecule has 2 amide bonds. The van der Waals surface area contributed by atoms with Gasteiger partial charge in [0.25, 0.3) is 5.91 Å². The van der Waals surface area contributed by atoms with Gasteiger partial charge in [0.2, 0.25) is 5.91 Å². The summed E-state index contributed by atoms with van der Waals surface area (Å²) in [6, 6.07) is 16.8. The number of benzene rings is 2. The maximum absolute atomic E-state index is 13.8. The van der Waals surface area contributed by atoms with Crippen molar-refractivity contribution >= 4 is 23.2 Å². The lowest BCUT2D eigenvalue weighted by Gasteiger charge is -2.37. The number of carbonyl (C=O) groups excluding carboxylic acids is 2. The fourth-order valence-electron chi connectivity index (χ4n) is 4.58. The summed E-state index contributed by atoms with van der Waals surface area (Å²) in [5.41, 5.74) is 2.66. The minimum atomic E-state index is -0.203. The normalized spacial score (nSPS) is 14.8. The smallest absolute Gasteiger partial charge is 0.254 e. The third kappa shape index (κ3) is 5.71. The SMILES string of the molecule is COCCCN(CC(=O)N1CCc2sccc2C1c1ccc(OC)cc1)C(=O)c1cccc(OC)c1. The largest absolute Gasteiger partial charge is 0.497 e. The lowest BCUT2D eigenvalue weighted by atomic mass is 9.93. The summed E-state index contributed by atoms with van der Waals surface area (Å²) in [6.45, 7) is 1.51. The molecule has 7 nitrogen and oxygen atoms in total. The highest BCUT2D eigenvalue weighted by Gasteiger charge is 2.34. The second kappa shape index (κ2) is 12.1. The van der Waals surface area contributed by atoms with Crippen LogP contribution >= 0.6 is 11.3 Å². The Hall–Kier alpha value is -3.36. The summed E-state index contributed by atoms with van der Waals surface area (Å²) >= 11 is 1.73. The van der Waals surface area contributed by atoms with E-state index in [1.807, 2.05) is 29.2 Å². The van der Waals surface area contributed by atoms with E-state index in [1.165, 1.54) is 4.88 Å². The molecule has 1 aromatic heterocycles. The van der Waals surface area contributed by atoms with Gasteiger partial charge >= 0.3 is 0 Å². The highest BCUT2D eigenvalue weighted by atomic mass is 32.1. The van der Waals surface area contributed by atoms with Crippen molar-refractivity contribution in [3.8, 4) is 11.5 Å². The van der Waals surface area contributed by atoms with Crippen molar-refractivity contribution in [1.82, 2.24) is 9.80 Å². The van der Waals surface area contributed by atoms with E-state index < -0.39 is 0 Å². The van der Waals surface area contributed by atoms with E-state index in [2.05, 4.69) is 11.4 Å². The summed E-state index contributed by atoms with van der Waals surface area (Å²) in [6.07, 6.45) is 1.44. The fourth-order valence-corrected chi connectivity index (χ4v) is 5.48. The van der Waals surface area contributed by atoms with E-state index in [4.69, 9.17) is 14.2 Å². The summed E-state index contributed by atoms with van der Waals surface area (Å²) in [4.78, 5) is 32.1. The van der Waals surface area contributed by atoms with Crippen LogP contribution in [0, 0.1) is 0 Å². The number of ether oxygens (including phenoxy) is 3. The van der Waals surface area contributed by atoms with Gasteiger partial charge in [-0.2, -0.15) is 0 Å². The molecule has 0 spiro atoms. The number of nitrogens with zero attached hydrogens (tertiary/aromatic N) is 2. The standard InChI is InChI=1S/C28H32N2O5S/c1-33-16-5-14-29(28(32)21-6-4-7-23(18-21)35-3)19-26(31)30-15-12-25-24(13-17-36-25)27(30)20-8-10-22(34-2)11-9-20/h4,6-11,13,17-18,27H,5,12,14-16,19H2,1-3H3. The summed E-state index contributed by atoms with van der Waals surface area (Å²) in [7, 11) is 4.84. The molecule has 1 unspecified atom stereocenters. The van der Waals surface area contributed by atoms with Crippen molar-refractivity contribution in [1.29, 1.82) is 0 Å². The Morgan fingerprint density at radius 2 is 1.81 bits per heavy atom. The number of thiophene rings is 1. The Kier molecular flexibility index (Phi) is 8.61. The maximum atomic E-state index is 13.8. The quantitative estimate of drug-likeness (QED) is 0.379. The molecule has 1 aliphatic heterocycles. The molecule has 8 heteroatoms. The van der Waals surface area contributed by atoms with Crippen LogP contribution in [0.5, 0.6) is 11.5 Å². The Labute approximate surface area is 216 Å². The van der Waals surface area contributed by atoms with Crippen molar-refractivity contribution in [3.05, 3.63) is 81.5 Å². The van der Waals surface area contributed by atoms with Crippen LogP contribution in [-0.2, 0) is 16.0 Å². The Morgan fingerprint density at radius 3 is 2.53 bits per heavy atom. The van der Waals surface area contributed by atoms with Gasteiger partial charge in [0.05, 0.1) is 20.3 Å². The first-order valence-corrected chi connectivity index (χ1v) is 12.9. The van der Waals surface area contributed by atoms with E-state index in [0.717, 1.165) is 23.3 Å². The third-order valence-electron chi connectivity index (χ3n) is 6.42. The van der Waals surface area contributed by atoms with Gasteiger partial charge in [-0.3, -0.25) is 9.59 Å². The minimum absolute atomic E-state index is 0.00805. The number of hydrogen-bond acceptors (Lipinski definition) is 6. The monoisotopic (exact) mass is 508 g/mol.